The van der Waals surface area contributed by atoms with E-state index in [0.29, 0.717) is 20.8 Å². The monoisotopic (exact) mass is 1260 g/mol. The summed E-state index contributed by atoms with van der Waals surface area (Å²) in [6.45, 7) is 18.6. The zero-order valence-corrected chi connectivity index (χ0v) is 47.4. The van der Waals surface area contributed by atoms with E-state index in [1.54, 1.807) is 0 Å². The number of rotatable bonds is 26. The molecule has 0 saturated carbocycles. The normalized spacial score (nSPS) is 14.3. The molecule has 0 saturated heterocycles. The minimum absolute atomic E-state index is 0.0567. The van der Waals surface area contributed by atoms with Gasteiger partial charge in [-0.1, -0.05) is 40.2 Å². The Hall–Kier alpha value is -6.54. The van der Waals surface area contributed by atoms with Gasteiger partial charge in [0.2, 0.25) is 11.3 Å². The number of halogens is 18. The predicted molar refractivity (Wildman–Crippen MR) is 255 cm³/mol. The first-order valence-electron chi connectivity index (χ1n) is 23.7. The highest BCUT2D eigenvalue weighted by Crippen LogP contribution is 2.40. The molecule has 0 aromatic rings. The number of ether oxygens (including phenoxy) is 8. The number of alkyl halides is 18. The fourth-order valence-corrected chi connectivity index (χ4v) is 3.97. The van der Waals surface area contributed by atoms with Crippen LogP contribution in [0.2, 0.25) is 0 Å². The molecule has 0 aromatic carbocycles. The van der Waals surface area contributed by atoms with Crippen LogP contribution in [0.5, 0.6) is 0 Å². The molecule has 34 heteroatoms. The number of carbonyl (C=O) groups is 8. The van der Waals surface area contributed by atoms with Gasteiger partial charge in [-0.2, -0.15) is 70.2 Å². The average molecular weight is 1270 g/mol. The molecule has 0 aliphatic rings. The predicted octanol–water partition coefficient (Wildman–Crippen LogP) is 12.0. The van der Waals surface area contributed by atoms with E-state index in [2.05, 4.69) is 64.2 Å². The van der Waals surface area contributed by atoms with Gasteiger partial charge >= 0.3 is 84.3 Å². The van der Waals surface area contributed by atoms with Gasteiger partial charge in [0.05, 0.1) is 24.0 Å². The second-order valence-corrected chi connectivity index (χ2v) is 19.4. The lowest BCUT2D eigenvalue weighted by molar-refractivity contribution is -0.234. The van der Waals surface area contributed by atoms with E-state index in [0.717, 1.165) is 13.8 Å². The fourth-order valence-electron chi connectivity index (χ4n) is 3.97. The zero-order valence-electron chi connectivity index (χ0n) is 47.4. The molecule has 0 N–H and O–H groups in total. The van der Waals surface area contributed by atoms with Crippen LogP contribution in [-0.4, -0.2) is 147 Å². The molecule has 0 spiro atoms. The summed E-state index contributed by atoms with van der Waals surface area (Å²) in [5.74, 6) is -19.0. The molecule has 488 valence electrons. The van der Waals surface area contributed by atoms with Gasteiger partial charge in [-0.05, 0) is 82.1 Å². The van der Waals surface area contributed by atoms with Crippen LogP contribution >= 0.6 is 0 Å². The maximum atomic E-state index is 13.9. The van der Waals surface area contributed by atoms with E-state index >= 15 is 0 Å². The second-order valence-electron chi connectivity index (χ2n) is 19.4. The molecular formula is C50H66F18O16. The van der Waals surface area contributed by atoms with E-state index < -0.39 is 184 Å². The van der Waals surface area contributed by atoms with Crippen molar-refractivity contribution in [3.63, 3.8) is 0 Å². The number of esters is 8. The first kappa shape index (κ1) is 83.9. The molecule has 0 amide bonds. The van der Waals surface area contributed by atoms with Crippen LogP contribution in [0, 0.1) is 10.8 Å². The summed E-state index contributed by atoms with van der Waals surface area (Å²) in [5, 5.41) is 0. The fraction of sp³-hybridized carbons (Fsp3) is 0.680. The van der Waals surface area contributed by atoms with Crippen molar-refractivity contribution in [2.75, 3.05) is 39.6 Å². The molecule has 0 heterocycles. The Labute approximate surface area is 470 Å². The summed E-state index contributed by atoms with van der Waals surface area (Å²) >= 11 is 0. The molecule has 0 aromatic heterocycles. The minimum atomic E-state index is -5.23. The molecule has 4 atom stereocenters. The minimum Gasteiger partial charge on any atom is -0.463 e. The van der Waals surface area contributed by atoms with Crippen molar-refractivity contribution in [2.24, 2.45) is 10.8 Å². The topological polar surface area (TPSA) is 210 Å². The Morgan fingerprint density at radius 3 is 0.893 bits per heavy atom. The molecule has 0 rings (SSSR count). The average Bonchev–Trinajstić information content (AvgIpc) is 3.32. The van der Waals surface area contributed by atoms with Gasteiger partial charge in [0, 0.05) is 35.1 Å². The summed E-state index contributed by atoms with van der Waals surface area (Å²) in [5.41, 5.74) is -12.0. The van der Waals surface area contributed by atoms with E-state index in [-0.39, 0.29) is 29.2 Å². The quantitative estimate of drug-likeness (QED) is 0.0341. The molecule has 0 fully saturated rings. The first-order chi connectivity index (χ1) is 37.3. The molecule has 0 aliphatic carbocycles. The van der Waals surface area contributed by atoms with Gasteiger partial charge < -0.3 is 37.9 Å². The summed E-state index contributed by atoms with van der Waals surface area (Å²) in [6.07, 6.45) is -27.1. The maximum Gasteiger partial charge on any atom is 0.422 e. The standard InChI is InChI=1S/C14H18F6O4.C14H19F5O4.C11H14F4O4.C11H15F3O4/c1-5-9(24-10(21)8(2)3)13(16,17)11(22)23-7-6-12(4,15)14(18,19)20;1-6-9(23-10(20)8(2)3)13(15,16)11(21)22-7-12(4,5)14(17,18)19;1-7(2)9(17)19-6-8(16)18-5-4-10(3,12)11(13,14)15;1-7(2)9(16)17-5-8(15)18-6-10(3,4)11(12,13)14/h9H,2,5-7H2,1,3-4H3;9H,2,6-7H2,1,3-5H3;1,4-6H2,2-3H3;1,5-6H2,2-4H3. The molecule has 0 aliphatic heterocycles. The summed E-state index contributed by atoms with van der Waals surface area (Å²) < 4.78 is 265. The highest BCUT2D eigenvalue weighted by atomic mass is 19.4. The lowest BCUT2D eigenvalue weighted by atomic mass is 9.94. The second kappa shape index (κ2) is 33.8. The Kier molecular flexibility index (Phi) is 33.8. The van der Waals surface area contributed by atoms with Crippen molar-refractivity contribution in [1.82, 2.24) is 0 Å². The third kappa shape index (κ3) is 30.3. The largest absolute Gasteiger partial charge is 0.463 e. The van der Waals surface area contributed by atoms with Crippen LogP contribution < -0.4 is 0 Å². The summed E-state index contributed by atoms with van der Waals surface area (Å²) in [6, 6.07) is 0. The summed E-state index contributed by atoms with van der Waals surface area (Å²) in [7, 11) is 0. The molecule has 0 radical (unpaired) electrons. The molecule has 84 heavy (non-hydrogen) atoms. The van der Waals surface area contributed by atoms with E-state index in [9.17, 15) is 117 Å². The van der Waals surface area contributed by atoms with Crippen molar-refractivity contribution in [1.29, 1.82) is 0 Å². The first-order valence-corrected chi connectivity index (χ1v) is 23.7. The zero-order chi connectivity index (χ0) is 67.8. The van der Waals surface area contributed by atoms with Gasteiger partial charge in [-0.25, -0.2) is 47.1 Å². The Balaban J connectivity index is -0.000000511. The van der Waals surface area contributed by atoms with Crippen LogP contribution in [0.15, 0.2) is 48.6 Å². The van der Waals surface area contributed by atoms with E-state index in [4.69, 9.17) is 0 Å². The van der Waals surface area contributed by atoms with Crippen molar-refractivity contribution < 1.29 is 155 Å². The molecule has 4 unspecified atom stereocenters. The highest BCUT2D eigenvalue weighted by molar-refractivity contribution is 5.90. The van der Waals surface area contributed by atoms with Crippen molar-refractivity contribution >= 4 is 47.8 Å². The lowest BCUT2D eigenvalue weighted by Gasteiger charge is -2.29. The smallest absolute Gasteiger partial charge is 0.422 e. The lowest BCUT2D eigenvalue weighted by Crippen LogP contribution is -2.47. The van der Waals surface area contributed by atoms with Gasteiger partial charge in [0.1, 0.15) is 13.2 Å². The molecular weight excluding hydrogens is 1200 g/mol. The maximum absolute atomic E-state index is 13.9. The van der Waals surface area contributed by atoms with E-state index in [1.165, 1.54) is 41.5 Å². The summed E-state index contributed by atoms with van der Waals surface area (Å²) in [4.78, 5) is 89.1. The Morgan fingerprint density at radius 1 is 0.369 bits per heavy atom. The van der Waals surface area contributed by atoms with Crippen LogP contribution in [0.25, 0.3) is 0 Å². The number of hydrogen-bond donors (Lipinski definition) is 0. The van der Waals surface area contributed by atoms with Gasteiger partial charge in [0.15, 0.2) is 25.4 Å². The highest BCUT2D eigenvalue weighted by Gasteiger charge is 2.56. The van der Waals surface area contributed by atoms with Crippen LogP contribution in [0.3, 0.4) is 0 Å². The molecule has 0 bridgehead atoms. The van der Waals surface area contributed by atoms with E-state index in [1.807, 2.05) is 0 Å². The number of carbonyl (C=O) groups excluding carboxylic acids is 8. The van der Waals surface area contributed by atoms with Crippen LogP contribution in [-0.2, 0) is 76.3 Å². The number of hydrogen-bond acceptors (Lipinski definition) is 16. The third-order valence-corrected chi connectivity index (χ3v) is 10.1. The van der Waals surface area contributed by atoms with Crippen molar-refractivity contribution in [3.8, 4) is 0 Å². The van der Waals surface area contributed by atoms with Gasteiger partial charge in [-0.15, -0.1) is 0 Å². The molecule has 16 nitrogen and oxygen atoms in total. The van der Waals surface area contributed by atoms with Crippen LogP contribution in [0.4, 0.5) is 79.0 Å². The van der Waals surface area contributed by atoms with Crippen molar-refractivity contribution in [2.45, 2.75) is 169 Å². The van der Waals surface area contributed by atoms with Gasteiger partial charge in [-0.3, -0.25) is 0 Å². The SMILES string of the molecule is C=C(C)C(=O)OC(CC)C(F)(F)C(=O)OCC(C)(C)C(F)(F)F.C=C(C)C(=O)OC(CC)C(F)(F)C(=O)OCCC(C)(F)C(F)(F)F.C=C(C)C(=O)OCC(=O)OCC(C)(C)C(F)(F)F.C=C(C)C(=O)OCC(=O)OCCC(C)(F)C(F)(F)F. The Morgan fingerprint density at radius 2 is 0.631 bits per heavy atom. The van der Waals surface area contributed by atoms with Gasteiger partial charge in [0.25, 0.3) is 0 Å². The van der Waals surface area contributed by atoms with Crippen molar-refractivity contribution in [3.05, 3.63) is 48.6 Å². The van der Waals surface area contributed by atoms with Crippen LogP contribution in [0.1, 0.15) is 109 Å². The third-order valence-electron chi connectivity index (χ3n) is 10.1. The Bertz CT molecular complexity index is 2280.